The lowest BCUT2D eigenvalue weighted by atomic mass is 10.3. The first-order valence-electron chi connectivity index (χ1n) is 8.44. The summed E-state index contributed by atoms with van der Waals surface area (Å²) < 4.78 is 10.9. The van der Waals surface area contributed by atoms with E-state index in [4.69, 9.17) is 9.15 Å². The Balaban J connectivity index is 1.72. The zero-order valence-corrected chi connectivity index (χ0v) is 14.5. The average molecular weight is 323 g/mol. The van der Waals surface area contributed by atoms with Gasteiger partial charge >= 0.3 is 0 Å². The van der Waals surface area contributed by atoms with Crippen molar-refractivity contribution in [1.82, 2.24) is 20.5 Å². The SMILES string of the molecule is CCNC(=NCc1nc(C)c(C)o1)NCCCN1CCOCC1. The highest BCUT2D eigenvalue weighted by Gasteiger charge is 2.09. The van der Waals surface area contributed by atoms with Gasteiger partial charge in [-0.25, -0.2) is 9.98 Å². The molecule has 130 valence electrons. The second kappa shape index (κ2) is 9.52. The van der Waals surface area contributed by atoms with Crippen LogP contribution in [0.4, 0.5) is 0 Å². The lowest BCUT2D eigenvalue weighted by molar-refractivity contribution is 0.0376. The number of hydrogen-bond donors (Lipinski definition) is 2. The predicted octanol–water partition coefficient (Wildman–Crippen LogP) is 1.07. The summed E-state index contributed by atoms with van der Waals surface area (Å²) in [6.45, 7) is 13.0. The Morgan fingerprint density at radius 1 is 1.26 bits per heavy atom. The highest BCUT2D eigenvalue weighted by atomic mass is 16.5. The summed E-state index contributed by atoms with van der Waals surface area (Å²) in [5, 5.41) is 6.61. The van der Waals surface area contributed by atoms with E-state index in [9.17, 15) is 0 Å². The van der Waals surface area contributed by atoms with Gasteiger partial charge < -0.3 is 19.8 Å². The molecule has 0 aliphatic carbocycles. The van der Waals surface area contributed by atoms with Gasteiger partial charge in [0.15, 0.2) is 5.96 Å². The van der Waals surface area contributed by atoms with Crippen LogP contribution < -0.4 is 10.6 Å². The summed E-state index contributed by atoms with van der Waals surface area (Å²) in [6.07, 6.45) is 1.08. The van der Waals surface area contributed by atoms with E-state index < -0.39 is 0 Å². The molecule has 23 heavy (non-hydrogen) atoms. The van der Waals surface area contributed by atoms with Crippen molar-refractivity contribution in [3.8, 4) is 0 Å². The van der Waals surface area contributed by atoms with Crippen molar-refractivity contribution in [3.05, 3.63) is 17.3 Å². The molecule has 7 nitrogen and oxygen atoms in total. The largest absolute Gasteiger partial charge is 0.444 e. The molecule has 0 bridgehead atoms. The summed E-state index contributed by atoms with van der Waals surface area (Å²) in [5.74, 6) is 2.33. The Hall–Kier alpha value is -1.60. The fourth-order valence-electron chi connectivity index (χ4n) is 2.43. The van der Waals surface area contributed by atoms with Crippen molar-refractivity contribution in [2.45, 2.75) is 33.7 Å². The van der Waals surface area contributed by atoms with Gasteiger partial charge in [0.05, 0.1) is 18.9 Å². The molecule has 1 fully saturated rings. The maximum Gasteiger partial charge on any atom is 0.216 e. The molecule has 0 amide bonds. The van der Waals surface area contributed by atoms with E-state index >= 15 is 0 Å². The standard InChI is InChI=1S/C16H29N5O2/c1-4-17-16(19-12-15-20-13(2)14(3)23-15)18-6-5-7-21-8-10-22-11-9-21/h4-12H2,1-3H3,(H2,17,18,19). The van der Waals surface area contributed by atoms with Gasteiger partial charge in [-0.3, -0.25) is 4.90 Å². The highest BCUT2D eigenvalue weighted by Crippen LogP contribution is 2.08. The molecule has 1 aliphatic rings. The summed E-state index contributed by atoms with van der Waals surface area (Å²) >= 11 is 0. The number of aryl methyl sites for hydroxylation is 2. The van der Waals surface area contributed by atoms with Crippen LogP contribution in [0.25, 0.3) is 0 Å². The molecule has 0 saturated carbocycles. The Morgan fingerprint density at radius 3 is 2.70 bits per heavy atom. The molecular weight excluding hydrogens is 294 g/mol. The zero-order valence-electron chi connectivity index (χ0n) is 14.5. The zero-order chi connectivity index (χ0) is 16.5. The number of nitrogens with one attached hydrogen (secondary N) is 2. The molecule has 0 atom stereocenters. The molecule has 0 spiro atoms. The summed E-state index contributed by atoms with van der Waals surface area (Å²) in [6, 6.07) is 0. The number of rotatable bonds is 7. The van der Waals surface area contributed by atoms with Gasteiger partial charge in [0, 0.05) is 26.2 Å². The monoisotopic (exact) mass is 323 g/mol. The summed E-state index contributed by atoms with van der Waals surface area (Å²) in [7, 11) is 0. The maximum atomic E-state index is 5.56. The van der Waals surface area contributed by atoms with Gasteiger partial charge in [-0.1, -0.05) is 0 Å². The predicted molar refractivity (Wildman–Crippen MR) is 90.7 cm³/mol. The Bertz CT molecular complexity index is 475. The summed E-state index contributed by atoms with van der Waals surface area (Å²) in [5.41, 5.74) is 0.929. The van der Waals surface area contributed by atoms with Crippen LogP contribution in [-0.4, -0.2) is 61.8 Å². The van der Waals surface area contributed by atoms with Gasteiger partial charge in [0.1, 0.15) is 12.3 Å². The first kappa shape index (κ1) is 17.7. The Labute approximate surface area is 138 Å². The van der Waals surface area contributed by atoms with E-state index in [1.807, 2.05) is 13.8 Å². The Kier molecular flexibility index (Phi) is 7.35. The molecule has 2 rings (SSSR count). The van der Waals surface area contributed by atoms with Crippen LogP contribution >= 0.6 is 0 Å². The molecule has 7 heteroatoms. The minimum Gasteiger partial charge on any atom is -0.444 e. The maximum absolute atomic E-state index is 5.56. The van der Waals surface area contributed by atoms with Crippen LogP contribution in [0.15, 0.2) is 9.41 Å². The van der Waals surface area contributed by atoms with Crippen molar-refractivity contribution in [2.24, 2.45) is 4.99 Å². The third-order valence-corrected chi connectivity index (χ3v) is 3.84. The van der Waals surface area contributed by atoms with Crippen LogP contribution in [0.5, 0.6) is 0 Å². The number of aromatic nitrogens is 1. The molecule has 1 aromatic rings. The van der Waals surface area contributed by atoms with E-state index in [1.165, 1.54) is 0 Å². The molecule has 2 heterocycles. The fourth-order valence-corrected chi connectivity index (χ4v) is 2.43. The fraction of sp³-hybridized carbons (Fsp3) is 0.750. The number of nitrogens with zero attached hydrogens (tertiary/aromatic N) is 3. The third kappa shape index (κ3) is 6.19. The first-order valence-corrected chi connectivity index (χ1v) is 8.44. The number of morpholine rings is 1. The number of aliphatic imine (C=N–C) groups is 1. The second-order valence-corrected chi connectivity index (χ2v) is 5.68. The van der Waals surface area contributed by atoms with Gasteiger partial charge in [-0.2, -0.15) is 0 Å². The molecule has 0 unspecified atom stereocenters. The van der Waals surface area contributed by atoms with E-state index in [0.717, 1.165) is 69.8 Å². The highest BCUT2D eigenvalue weighted by molar-refractivity contribution is 5.79. The van der Waals surface area contributed by atoms with Crippen molar-refractivity contribution < 1.29 is 9.15 Å². The van der Waals surface area contributed by atoms with Crippen molar-refractivity contribution in [1.29, 1.82) is 0 Å². The quantitative estimate of drug-likeness (QED) is 0.444. The minimum absolute atomic E-state index is 0.452. The van der Waals surface area contributed by atoms with Crippen LogP contribution in [0.2, 0.25) is 0 Å². The van der Waals surface area contributed by atoms with Crippen LogP contribution in [-0.2, 0) is 11.3 Å². The van der Waals surface area contributed by atoms with Gasteiger partial charge in [-0.15, -0.1) is 0 Å². The minimum atomic E-state index is 0.452. The van der Waals surface area contributed by atoms with E-state index in [-0.39, 0.29) is 0 Å². The molecule has 1 aromatic heterocycles. The first-order chi connectivity index (χ1) is 11.2. The van der Waals surface area contributed by atoms with Gasteiger partial charge in [-0.05, 0) is 33.7 Å². The van der Waals surface area contributed by atoms with Crippen molar-refractivity contribution >= 4 is 5.96 Å². The third-order valence-electron chi connectivity index (χ3n) is 3.84. The number of guanidine groups is 1. The van der Waals surface area contributed by atoms with Crippen LogP contribution in [0.3, 0.4) is 0 Å². The smallest absolute Gasteiger partial charge is 0.216 e. The van der Waals surface area contributed by atoms with Gasteiger partial charge in [0.2, 0.25) is 5.89 Å². The molecular formula is C16H29N5O2. The molecule has 1 saturated heterocycles. The van der Waals surface area contributed by atoms with E-state index in [1.54, 1.807) is 0 Å². The van der Waals surface area contributed by atoms with Crippen LogP contribution in [0, 0.1) is 13.8 Å². The topological polar surface area (TPSA) is 74.9 Å². The normalized spacial score (nSPS) is 16.6. The average Bonchev–Trinajstić information content (AvgIpc) is 2.88. The van der Waals surface area contributed by atoms with E-state index in [0.29, 0.717) is 12.4 Å². The lowest BCUT2D eigenvalue weighted by Crippen LogP contribution is -2.40. The number of hydrogen-bond acceptors (Lipinski definition) is 5. The molecule has 1 aliphatic heterocycles. The van der Waals surface area contributed by atoms with Crippen molar-refractivity contribution in [2.75, 3.05) is 45.9 Å². The number of ether oxygens (including phenoxy) is 1. The Morgan fingerprint density at radius 2 is 2.04 bits per heavy atom. The molecule has 0 aromatic carbocycles. The van der Waals surface area contributed by atoms with Crippen LogP contribution in [0.1, 0.15) is 30.7 Å². The summed E-state index contributed by atoms with van der Waals surface area (Å²) in [4.78, 5) is 11.3. The molecule has 0 radical (unpaired) electrons. The molecule has 2 N–H and O–H groups in total. The second-order valence-electron chi connectivity index (χ2n) is 5.68. The van der Waals surface area contributed by atoms with E-state index in [2.05, 4.69) is 32.4 Å². The van der Waals surface area contributed by atoms with Crippen molar-refractivity contribution in [3.63, 3.8) is 0 Å². The lowest BCUT2D eigenvalue weighted by Gasteiger charge is -2.26. The van der Waals surface area contributed by atoms with Gasteiger partial charge in [0.25, 0.3) is 0 Å². The number of oxazole rings is 1.